The quantitative estimate of drug-likeness (QED) is 0.0949. The maximum absolute atomic E-state index is 13.7. The van der Waals surface area contributed by atoms with Crippen molar-refractivity contribution in [2.24, 2.45) is 22.9 Å². The molecule has 2 aliphatic carbocycles. The molecule has 4 rings (SSSR count). The van der Waals surface area contributed by atoms with Crippen LogP contribution in [0.1, 0.15) is 77.2 Å². The number of carbonyl (C=O) groups excluding carboxylic acids is 1. The van der Waals surface area contributed by atoms with Crippen molar-refractivity contribution in [3.05, 3.63) is 48.1 Å². The van der Waals surface area contributed by atoms with E-state index in [1.807, 2.05) is 20.8 Å². The summed E-state index contributed by atoms with van der Waals surface area (Å²) in [5, 5.41) is 44.3. The van der Waals surface area contributed by atoms with Gasteiger partial charge in [0.1, 0.15) is 23.1 Å². The normalized spacial score (nSPS) is 26.6. The van der Waals surface area contributed by atoms with Gasteiger partial charge in [0, 0.05) is 37.7 Å². The van der Waals surface area contributed by atoms with Gasteiger partial charge in [0.15, 0.2) is 0 Å². The molecule has 1 aromatic carbocycles. The van der Waals surface area contributed by atoms with E-state index in [0.29, 0.717) is 24.3 Å². The van der Waals surface area contributed by atoms with Gasteiger partial charge in [0.2, 0.25) is 5.79 Å². The maximum Gasteiger partial charge on any atom is 0.410 e. The minimum absolute atomic E-state index is 0.0400. The minimum atomic E-state index is -1.44. The SMILES string of the molecule is C=CCO[C@@]12Oc3ccc(O)cc3[C@H]3[C@H](CCCCO)[C@@H](CCCCO)C=C(C(=NOC(C)(C)C)C[C@@H]1N(CCOCCO)C(=O)OC)[C@H]32. The predicted octanol–water partition coefficient (Wildman–Crippen LogP) is 4.90. The van der Waals surface area contributed by atoms with Gasteiger partial charge in [-0.05, 0) is 82.1 Å². The molecule has 0 unspecified atom stereocenters. The summed E-state index contributed by atoms with van der Waals surface area (Å²) in [7, 11) is 1.32. The number of hydrogen-bond acceptors (Lipinski definition) is 11. The highest BCUT2D eigenvalue weighted by molar-refractivity contribution is 6.03. The molecule has 0 bridgehead atoms. The van der Waals surface area contributed by atoms with E-state index in [2.05, 4.69) is 12.7 Å². The Morgan fingerprint density at radius 2 is 1.84 bits per heavy atom. The van der Waals surface area contributed by atoms with Gasteiger partial charge >= 0.3 is 6.09 Å². The summed E-state index contributed by atoms with van der Waals surface area (Å²) in [6.07, 6.45) is 8.05. The molecule has 0 aromatic heterocycles. The lowest BCUT2D eigenvalue weighted by Crippen LogP contribution is -2.70. The number of aliphatic hydroxyl groups excluding tert-OH is 3. The van der Waals surface area contributed by atoms with Crippen LogP contribution in [-0.2, 0) is 19.0 Å². The number of rotatable bonds is 18. The van der Waals surface area contributed by atoms with Crippen LogP contribution in [0.3, 0.4) is 0 Å². The third-order valence-corrected chi connectivity index (χ3v) is 9.58. The Kier molecular flexibility index (Phi) is 13.9. The third kappa shape index (κ3) is 8.96. The average molecular weight is 689 g/mol. The largest absolute Gasteiger partial charge is 0.508 e. The Labute approximate surface area is 290 Å². The first-order chi connectivity index (χ1) is 23.5. The van der Waals surface area contributed by atoms with E-state index in [-0.39, 0.29) is 76.1 Å². The predicted molar refractivity (Wildman–Crippen MR) is 184 cm³/mol. The fourth-order valence-electron chi connectivity index (χ4n) is 7.67. The summed E-state index contributed by atoms with van der Waals surface area (Å²) in [5.74, 6) is -1.41. The topological polar surface area (TPSA) is 160 Å². The lowest BCUT2D eigenvalue weighted by molar-refractivity contribution is -0.256. The number of nitrogens with zero attached hydrogens (tertiary/aromatic N) is 2. The number of ether oxygens (including phenoxy) is 4. The Bertz CT molecular complexity index is 1310. The van der Waals surface area contributed by atoms with Gasteiger partial charge in [-0.25, -0.2) is 4.79 Å². The molecular weight excluding hydrogens is 632 g/mol. The molecule has 12 nitrogen and oxygen atoms in total. The Morgan fingerprint density at radius 1 is 1.10 bits per heavy atom. The van der Waals surface area contributed by atoms with Gasteiger partial charge in [-0.15, -0.1) is 6.58 Å². The first-order valence-electron chi connectivity index (χ1n) is 17.5. The van der Waals surface area contributed by atoms with Crippen LogP contribution in [0.25, 0.3) is 0 Å². The zero-order valence-corrected chi connectivity index (χ0v) is 29.5. The van der Waals surface area contributed by atoms with Gasteiger partial charge in [0.05, 0.1) is 45.2 Å². The second-order valence-corrected chi connectivity index (χ2v) is 14.0. The number of hydrogen-bond donors (Lipinski definition) is 4. The van der Waals surface area contributed by atoms with E-state index in [1.54, 1.807) is 29.2 Å². The molecule has 6 atom stereocenters. The molecule has 3 aliphatic rings. The fourth-order valence-corrected chi connectivity index (χ4v) is 7.67. The lowest BCUT2D eigenvalue weighted by atomic mass is 9.55. The van der Waals surface area contributed by atoms with E-state index < -0.39 is 29.4 Å². The van der Waals surface area contributed by atoms with Crippen molar-refractivity contribution in [1.29, 1.82) is 0 Å². The van der Waals surface area contributed by atoms with Gasteiger partial charge in [0.25, 0.3) is 0 Å². The van der Waals surface area contributed by atoms with Crippen molar-refractivity contribution in [2.45, 2.75) is 89.1 Å². The number of fused-ring (bicyclic) bond motifs is 2. The van der Waals surface area contributed by atoms with Crippen molar-refractivity contribution in [1.82, 2.24) is 4.90 Å². The van der Waals surface area contributed by atoms with Gasteiger partial charge in [-0.2, -0.15) is 0 Å². The lowest BCUT2D eigenvalue weighted by Gasteiger charge is -2.59. The monoisotopic (exact) mass is 688 g/mol. The number of oxime groups is 1. The summed E-state index contributed by atoms with van der Waals surface area (Å²) >= 11 is 0. The van der Waals surface area contributed by atoms with Crippen molar-refractivity contribution < 1.29 is 49.0 Å². The van der Waals surface area contributed by atoms with Crippen molar-refractivity contribution in [3.8, 4) is 11.5 Å². The Balaban J connectivity index is 2.01. The summed E-state index contributed by atoms with van der Waals surface area (Å²) in [5.41, 5.74) is 1.80. The molecule has 1 amide bonds. The zero-order valence-electron chi connectivity index (χ0n) is 29.5. The molecular formula is C37H56N2O10. The summed E-state index contributed by atoms with van der Waals surface area (Å²) in [6, 6.07) is 4.33. The molecule has 274 valence electrons. The van der Waals surface area contributed by atoms with Crippen molar-refractivity contribution >= 4 is 11.8 Å². The van der Waals surface area contributed by atoms with Crippen LogP contribution in [0.2, 0.25) is 0 Å². The first-order valence-corrected chi connectivity index (χ1v) is 17.5. The number of carbonyl (C=O) groups is 1. The molecule has 12 heteroatoms. The van der Waals surface area contributed by atoms with Crippen LogP contribution >= 0.6 is 0 Å². The molecule has 1 heterocycles. The third-order valence-electron chi connectivity index (χ3n) is 9.58. The van der Waals surface area contributed by atoms with Crippen LogP contribution in [0.5, 0.6) is 11.5 Å². The number of aromatic hydroxyl groups is 1. The maximum atomic E-state index is 13.7. The van der Waals surface area contributed by atoms with Gasteiger partial charge in [-0.3, -0.25) is 4.90 Å². The van der Waals surface area contributed by atoms with Crippen molar-refractivity contribution in [2.75, 3.05) is 53.3 Å². The number of methoxy groups -OCH3 is 1. The molecule has 1 aromatic rings. The molecule has 0 saturated heterocycles. The number of allylic oxidation sites excluding steroid dienone is 1. The van der Waals surface area contributed by atoms with Crippen molar-refractivity contribution in [3.63, 3.8) is 0 Å². The molecule has 0 radical (unpaired) electrons. The highest BCUT2D eigenvalue weighted by Gasteiger charge is 2.65. The van der Waals surface area contributed by atoms with E-state index >= 15 is 0 Å². The average Bonchev–Trinajstić information content (AvgIpc) is 3.07. The van der Waals surface area contributed by atoms with Gasteiger partial charge in [-0.1, -0.05) is 30.1 Å². The highest BCUT2D eigenvalue weighted by atomic mass is 16.7. The summed E-state index contributed by atoms with van der Waals surface area (Å²) in [4.78, 5) is 21.3. The molecule has 1 aliphatic heterocycles. The first kappa shape index (κ1) is 38.6. The Hall–Kier alpha value is -3.16. The standard InChI is InChI=1S/C37H56N2O10/c1-6-19-47-37-32(39(35(44)45-5)15-20-46-21-18-42)24-30(38-49-36(2,3)4)28-22-25(11-7-9-16-40)27(12-8-10-17-41)33(34(28)37)29-23-26(43)13-14-31(29)48-37/h6,13-14,22-23,25,27,32-34,40-43H,1,7-12,15-21,24H2,2-5H3/t25-,27+,32-,33+,34+,37+/m0/s1. The number of aliphatic hydroxyl groups is 3. The zero-order chi connectivity index (χ0) is 35.6. The van der Waals surface area contributed by atoms with E-state index in [4.69, 9.17) is 28.9 Å². The molecule has 4 N–H and O–H groups in total. The number of phenols is 1. The second kappa shape index (κ2) is 17.7. The number of unbranched alkanes of at least 4 members (excludes halogenated alkanes) is 2. The molecule has 1 saturated carbocycles. The smallest absolute Gasteiger partial charge is 0.410 e. The number of amides is 1. The van der Waals surface area contributed by atoms with E-state index in [1.165, 1.54) is 7.11 Å². The molecule has 0 spiro atoms. The highest BCUT2D eigenvalue weighted by Crippen LogP contribution is 2.61. The number of benzene rings is 1. The van der Waals surface area contributed by atoms with Crippen LogP contribution in [0.15, 0.2) is 47.7 Å². The summed E-state index contributed by atoms with van der Waals surface area (Å²) in [6.45, 7) is 10.2. The fraction of sp³-hybridized carbons (Fsp3) is 0.676. The van der Waals surface area contributed by atoms with Crippen LogP contribution in [0.4, 0.5) is 4.79 Å². The van der Waals surface area contributed by atoms with E-state index in [9.17, 15) is 25.2 Å². The van der Waals surface area contributed by atoms with Gasteiger partial charge < -0.3 is 44.2 Å². The number of phenolic OH excluding ortho intramolecular Hbond substituents is 1. The minimum Gasteiger partial charge on any atom is -0.508 e. The molecule has 49 heavy (non-hydrogen) atoms. The Morgan fingerprint density at radius 3 is 2.49 bits per heavy atom. The van der Waals surface area contributed by atoms with Crippen LogP contribution in [-0.4, -0.2) is 108 Å². The van der Waals surface area contributed by atoms with E-state index in [0.717, 1.165) is 36.8 Å². The summed E-state index contributed by atoms with van der Waals surface area (Å²) < 4.78 is 24.8. The molecule has 1 fully saturated rings. The van der Waals surface area contributed by atoms with Crippen LogP contribution < -0.4 is 4.74 Å². The van der Waals surface area contributed by atoms with Crippen LogP contribution in [0, 0.1) is 17.8 Å². The second-order valence-electron chi connectivity index (χ2n) is 14.0.